The number of nitrogens with two attached hydrogens (primary N) is 1. The Balaban J connectivity index is 1.59. The molecule has 1 atom stereocenters. The molecule has 5 nitrogen and oxygen atoms in total. The van der Waals surface area contributed by atoms with E-state index >= 15 is 0 Å². The molecule has 1 unspecified atom stereocenters. The van der Waals surface area contributed by atoms with E-state index in [0.717, 1.165) is 38.3 Å². The van der Waals surface area contributed by atoms with Crippen molar-refractivity contribution in [3.63, 3.8) is 0 Å². The van der Waals surface area contributed by atoms with Gasteiger partial charge in [-0.2, -0.15) is 0 Å². The van der Waals surface area contributed by atoms with Crippen LogP contribution in [0.3, 0.4) is 0 Å². The third-order valence-electron chi connectivity index (χ3n) is 4.42. The van der Waals surface area contributed by atoms with Crippen molar-refractivity contribution in [2.45, 2.75) is 25.3 Å². The van der Waals surface area contributed by atoms with Gasteiger partial charge in [0.2, 0.25) is 5.91 Å². The van der Waals surface area contributed by atoms with E-state index in [4.69, 9.17) is 5.73 Å². The molecule has 1 aromatic carbocycles. The van der Waals surface area contributed by atoms with Crippen LogP contribution in [0.5, 0.6) is 0 Å². The molecule has 1 saturated heterocycles. The number of hydrogen-bond donors (Lipinski definition) is 1. The van der Waals surface area contributed by atoms with Gasteiger partial charge in [0.1, 0.15) is 12.4 Å². The molecular formula is C19H24N4O. The van der Waals surface area contributed by atoms with Gasteiger partial charge < -0.3 is 10.3 Å². The second-order valence-electron chi connectivity index (χ2n) is 6.29. The summed E-state index contributed by atoms with van der Waals surface area (Å²) in [5.41, 5.74) is 6.55. The molecule has 126 valence electrons. The zero-order valence-electron chi connectivity index (χ0n) is 13.8. The molecule has 5 heteroatoms. The maximum atomic E-state index is 11.2. The zero-order chi connectivity index (χ0) is 16.8. The van der Waals surface area contributed by atoms with Gasteiger partial charge in [0.15, 0.2) is 0 Å². The molecule has 0 aliphatic carbocycles. The van der Waals surface area contributed by atoms with Crippen molar-refractivity contribution >= 4 is 12.0 Å². The highest BCUT2D eigenvalue weighted by atomic mass is 16.1. The summed E-state index contributed by atoms with van der Waals surface area (Å²) in [5.74, 6) is 1.01. The van der Waals surface area contributed by atoms with Crippen LogP contribution in [0.4, 0.5) is 0 Å². The summed E-state index contributed by atoms with van der Waals surface area (Å²) in [6.07, 6.45) is 10.2. The number of imidazole rings is 1. The average Bonchev–Trinajstić information content (AvgIpc) is 3.03. The molecule has 0 radical (unpaired) electrons. The number of rotatable bonds is 6. The van der Waals surface area contributed by atoms with Gasteiger partial charge in [-0.25, -0.2) is 4.98 Å². The monoisotopic (exact) mass is 324 g/mol. The normalized spacial score (nSPS) is 18.9. The first-order chi connectivity index (χ1) is 11.7. The second kappa shape index (κ2) is 7.93. The molecule has 1 aliphatic rings. The van der Waals surface area contributed by atoms with Gasteiger partial charge in [-0.3, -0.25) is 9.69 Å². The molecule has 24 heavy (non-hydrogen) atoms. The molecule has 3 rings (SSSR count). The van der Waals surface area contributed by atoms with Crippen molar-refractivity contribution in [2.75, 3.05) is 19.6 Å². The first kappa shape index (κ1) is 16.5. The second-order valence-corrected chi connectivity index (χ2v) is 6.29. The summed E-state index contributed by atoms with van der Waals surface area (Å²) in [7, 11) is 0. The molecule has 1 amide bonds. The number of benzene rings is 1. The van der Waals surface area contributed by atoms with E-state index in [2.05, 4.69) is 46.3 Å². The summed E-state index contributed by atoms with van der Waals surface area (Å²) in [6, 6.07) is 10.3. The topological polar surface area (TPSA) is 64.2 Å². The van der Waals surface area contributed by atoms with Crippen LogP contribution in [0.25, 0.3) is 6.08 Å². The van der Waals surface area contributed by atoms with Crippen LogP contribution in [0.1, 0.15) is 30.1 Å². The van der Waals surface area contributed by atoms with E-state index in [1.54, 1.807) is 6.20 Å². The van der Waals surface area contributed by atoms with E-state index in [1.807, 2.05) is 16.8 Å². The summed E-state index contributed by atoms with van der Waals surface area (Å²) in [6.45, 7) is 3.21. The lowest BCUT2D eigenvalue weighted by Gasteiger charge is -2.31. The molecule has 2 N–H and O–H groups in total. The molecule has 0 saturated carbocycles. The summed E-state index contributed by atoms with van der Waals surface area (Å²) >= 11 is 0. The molecule has 2 heterocycles. The van der Waals surface area contributed by atoms with Crippen molar-refractivity contribution in [3.8, 4) is 0 Å². The van der Waals surface area contributed by atoms with E-state index in [-0.39, 0.29) is 12.5 Å². The number of nitrogens with zero attached hydrogens (tertiary/aromatic N) is 3. The SMILES string of the molecule is NC(=O)Cn1ccnc1C1CCCN(C/C=C/c2ccccc2)C1. The van der Waals surface area contributed by atoms with Gasteiger partial charge in [0, 0.05) is 31.4 Å². The average molecular weight is 324 g/mol. The number of piperidine rings is 1. The van der Waals surface area contributed by atoms with E-state index in [9.17, 15) is 4.79 Å². The largest absolute Gasteiger partial charge is 0.368 e. The summed E-state index contributed by atoms with van der Waals surface area (Å²) in [5, 5.41) is 0. The molecule has 0 bridgehead atoms. The predicted octanol–water partition coefficient (Wildman–Crippen LogP) is 2.26. The first-order valence-electron chi connectivity index (χ1n) is 8.45. The van der Waals surface area contributed by atoms with Gasteiger partial charge in [0.05, 0.1) is 0 Å². The summed E-state index contributed by atoms with van der Waals surface area (Å²) in [4.78, 5) is 18.1. The summed E-state index contributed by atoms with van der Waals surface area (Å²) < 4.78 is 1.89. The van der Waals surface area contributed by atoms with Crippen LogP contribution < -0.4 is 5.73 Å². The molecule has 1 aliphatic heterocycles. The van der Waals surface area contributed by atoms with E-state index < -0.39 is 0 Å². The van der Waals surface area contributed by atoms with E-state index in [0.29, 0.717) is 5.92 Å². The fourth-order valence-corrected chi connectivity index (χ4v) is 3.32. The van der Waals surface area contributed by atoms with Crippen molar-refractivity contribution in [1.82, 2.24) is 14.5 Å². The highest BCUT2D eigenvalue weighted by Gasteiger charge is 2.24. The Hall–Kier alpha value is -2.40. The lowest BCUT2D eigenvalue weighted by atomic mass is 9.97. The quantitative estimate of drug-likeness (QED) is 0.886. The number of carbonyl (C=O) groups excluding carboxylic acids is 1. The van der Waals surface area contributed by atoms with E-state index in [1.165, 1.54) is 5.56 Å². The first-order valence-corrected chi connectivity index (χ1v) is 8.45. The minimum absolute atomic E-state index is 0.208. The third kappa shape index (κ3) is 4.32. The highest BCUT2D eigenvalue weighted by molar-refractivity contribution is 5.73. The molecule has 2 aromatic rings. The van der Waals surface area contributed by atoms with Crippen LogP contribution in [-0.2, 0) is 11.3 Å². The third-order valence-corrected chi connectivity index (χ3v) is 4.42. The van der Waals surface area contributed by atoms with Gasteiger partial charge in [0.25, 0.3) is 0 Å². The molecule has 0 spiro atoms. The minimum atomic E-state index is -0.326. The standard InChI is InChI=1S/C19H24N4O/c20-18(24)15-23-13-10-21-19(23)17-9-5-12-22(14-17)11-4-8-16-6-2-1-3-7-16/h1-4,6-8,10,13,17H,5,9,11-12,14-15H2,(H2,20,24)/b8-4+. The van der Waals surface area contributed by atoms with Crippen molar-refractivity contribution < 1.29 is 4.79 Å². The van der Waals surface area contributed by atoms with Crippen LogP contribution in [-0.4, -0.2) is 40.0 Å². The van der Waals surface area contributed by atoms with Gasteiger partial charge in [-0.15, -0.1) is 0 Å². The van der Waals surface area contributed by atoms with Crippen molar-refractivity contribution in [2.24, 2.45) is 5.73 Å². The maximum absolute atomic E-state index is 11.2. The molecule has 1 fully saturated rings. The van der Waals surface area contributed by atoms with Crippen LogP contribution >= 0.6 is 0 Å². The van der Waals surface area contributed by atoms with Gasteiger partial charge in [-0.05, 0) is 24.9 Å². The zero-order valence-corrected chi connectivity index (χ0v) is 13.8. The lowest BCUT2D eigenvalue weighted by molar-refractivity contribution is -0.118. The Morgan fingerprint density at radius 2 is 2.17 bits per heavy atom. The Morgan fingerprint density at radius 3 is 2.96 bits per heavy atom. The van der Waals surface area contributed by atoms with Crippen LogP contribution in [0.2, 0.25) is 0 Å². The number of primary amides is 1. The highest BCUT2D eigenvalue weighted by Crippen LogP contribution is 2.25. The van der Waals surface area contributed by atoms with Crippen molar-refractivity contribution in [1.29, 1.82) is 0 Å². The predicted molar refractivity (Wildman–Crippen MR) is 95.3 cm³/mol. The Kier molecular flexibility index (Phi) is 5.43. The molecule has 1 aromatic heterocycles. The Labute approximate surface area is 142 Å². The van der Waals surface area contributed by atoms with Crippen LogP contribution in [0.15, 0.2) is 48.8 Å². The number of aromatic nitrogens is 2. The van der Waals surface area contributed by atoms with Crippen molar-refractivity contribution in [3.05, 3.63) is 60.2 Å². The Morgan fingerprint density at radius 1 is 1.33 bits per heavy atom. The maximum Gasteiger partial charge on any atom is 0.237 e. The molecular weight excluding hydrogens is 300 g/mol. The number of amides is 1. The number of carbonyl (C=O) groups is 1. The fraction of sp³-hybridized carbons (Fsp3) is 0.368. The van der Waals surface area contributed by atoms with Crippen LogP contribution in [0, 0.1) is 0 Å². The lowest BCUT2D eigenvalue weighted by Crippen LogP contribution is -2.35. The smallest absolute Gasteiger partial charge is 0.237 e. The Bertz CT molecular complexity index is 692. The number of hydrogen-bond acceptors (Lipinski definition) is 3. The van der Waals surface area contributed by atoms with Gasteiger partial charge >= 0.3 is 0 Å². The van der Waals surface area contributed by atoms with Gasteiger partial charge in [-0.1, -0.05) is 42.5 Å². The number of likely N-dealkylation sites (tertiary alicyclic amines) is 1. The fourth-order valence-electron chi connectivity index (χ4n) is 3.32. The minimum Gasteiger partial charge on any atom is -0.368 e.